The fourth-order valence-electron chi connectivity index (χ4n) is 2.00. The Morgan fingerprint density at radius 3 is 2.59 bits per heavy atom. The number of amides is 2. The van der Waals surface area contributed by atoms with E-state index in [4.69, 9.17) is 4.42 Å². The van der Waals surface area contributed by atoms with Gasteiger partial charge in [-0.25, -0.2) is 0 Å². The summed E-state index contributed by atoms with van der Waals surface area (Å²) in [6, 6.07) is 9.17. The van der Waals surface area contributed by atoms with E-state index in [0.29, 0.717) is 5.69 Å². The minimum Gasteiger partial charge on any atom is -0.466 e. The SMILES string of the molecule is CSc1cccc(NC(=O)C(=O)NCc2cc(C)oc2C)c1. The van der Waals surface area contributed by atoms with Gasteiger partial charge < -0.3 is 15.1 Å². The smallest absolute Gasteiger partial charge is 0.313 e. The van der Waals surface area contributed by atoms with Crippen molar-refractivity contribution in [2.75, 3.05) is 11.6 Å². The lowest BCUT2D eigenvalue weighted by atomic mass is 10.2. The predicted octanol–water partition coefficient (Wildman–Crippen LogP) is 2.87. The predicted molar refractivity (Wildman–Crippen MR) is 86.9 cm³/mol. The van der Waals surface area contributed by atoms with Crippen molar-refractivity contribution in [3.8, 4) is 0 Å². The molecular weight excluding hydrogens is 300 g/mol. The molecule has 22 heavy (non-hydrogen) atoms. The molecule has 0 unspecified atom stereocenters. The Labute approximate surface area is 133 Å². The topological polar surface area (TPSA) is 71.3 Å². The van der Waals surface area contributed by atoms with Crippen LogP contribution in [-0.2, 0) is 16.1 Å². The fourth-order valence-corrected chi connectivity index (χ4v) is 2.46. The average molecular weight is 318 g/mol. The van der Waals surface area contributed by atoms with Crippen LogP contribution in [0.15, 0.2) is 39.6 Å². The highest BCUT2D eigenvalue weighted by Gasteiger charge is 2.14. The van der Waals surface area contributed by atoms with Crippen molar-refractivity contribution in [3.05, 3.63) is 47.4 Å². The number of aryl methyl sites for hydroxylation is 2. The van der Waals surface area contributed by atoms with Gasteiger partial charge in [-0.3, -0.25) is 9.59 Å². The molecule has 2 amide bonds. The van der Waals surface area contributed by atoms with E-state index in [1.165, 1.54) is 0 Å². The molecule has 2 N–H and O–H groups in total. The number of carbonyl (C=O) groups excluding carboxylic acids is 2. The van der Waals surface area contributed by atoms with E-state index >= 15 is 0 Å². The van der Waals surface area contributed by atoms with E-state index < -0.39 is 11.8 Å². The number of nitrogens with one attached hydrogen (secondary N) is 2. The Morgan fingerprint density at radius 2 is 1.95 bits per heavy atom. The number of thioether (sulfide) groups is 1. The first kappa shape index (κ1) is 16.2. The Morgan fingerprint density at radius 1 is 1.18 bits per heavy atom. The van der Waals surface area contributed by atoms with Gasteiger partial charge in [-0.15, -0.1) is 11.8 Å². The molecule has 0 spiro atoms. The Kier molecular flexibility index (Phi) is 5.27. The summed E-state index contributed by atoms with van der Waals surface area (Å²) in [5.74, 6) is 0.162. The Hall–Kier alpha value is -2.21. The summed E-state index contributed by atoms with van der Waals surface area (Å²) in [5, 5.41) is 5.17. The molecule has 1 aromatic heterocycles. The lowest BCUT2D eigenvalue weighted by molar-refractivity contribution is -0.136. The van der Waals surface area contributed by atoms with Crippen molar-refractivity contribution >= 4 is 29.3 Å². The number of benzene rings is 1. The molecule has 1 aromatic carbocycles. The first-order chi connectivity index (χ1) is 10.5. The molecule has 0 atom stereocenters. The molecule has 0 saturated carbocycles. The lowest BCUT2D eigenvalue weighted by Gasteiger charge is -2.07. The largest absolute Gasteiger partial charge is 0.466 e. The van der Waals surface area contributed by atoms with Gasteiger partial charge in [0.2, 0.25) is 0 Å². The number of hydrogen-bond donors (Lipinski definition) is 2. The first-order valence-corrected chi connectivity index (χ1v) is 8.01. The van der Waals surface area contributed by atoms with Crippen LogP contribution in [0.3, 0.4) is 0 Å². The molecule has 0 fully saturated rings. The van der Waals surface area contributed by atoms with Gasteiger partial charge in [0.1, 0.15) is 11.5 Å². The number of rotatable bonds is 4. The maximum Gasteiger partial charge on any atom is 0.313 e. The molecule has 5 nitrogen and oxygen atoms in total. The summed E-state index contributed by atoms with van der Waals surface area (Å²) in [7, 11) is 0. The second-order valence-electron chi connectivity index (χ2n) is 4.81. The normalized spacial score (nSPS) is 10.3. The van der Waals surface area contributed by atoms with E-state index in [1.54, 1.807) is 17.8 Å². The zero-order valence-electron chi connectivity index (χ0n) is 12.7. The molecule has 1 heterocycles. The van der Waals surface area contributed by atoms with Crippen molar-refractivity contribution in [1.82, 2.24) is 5.32 Å². The molecule has 0 saturated heterocycles. The van der Waals surface area contributed by atoms with Gasteiger partial charge in [0, 0.05) is 22.7 Å². The van der Waals surface area contributed by atoms with E-state index in [9.17, 15) is 9.59 Å². The van der Waals surface area contributed by atoms with Gasteiger partial charge in [0.15, 0.2) is 0 Å². The van der Waals surface area contributed by atoms with Gasteiger partial charge in [-0.05, 0) is 44.4 Å². The maximum atomic E-state index is 11.9. The first-order valence-electron chi connectivity index (χ1n) is 6.78. The zero-order valence-corrected chi connectivity index (χ0v) is 13.5. The summed E-state index contributed by atoms with van der Waals surface area (Å²) in [5.41, 5.74) is 1.46. The van der Waals surface area contributed by atoms with Crippen LogP contribution < -0.4 is 10.6 Å². The Balaban J connectivity index is 1.92. The van der Waals surface area contributed by atoms with Crippen molar-refractivity contribution in [1.29, 1.82) is 0 Å². The number of hydrogen-bond acceptors (Lipinski definition) is 4. The summed E-state index contributed by atoms with van der Waals surface area (Å²) >= 11 is 1.57. The van der Waals surface area contributed by atoms with Crippen molar-refractivity contribution in [2.45, 2.75) is 25.3 Å². The molecule has 116 valence electrons. The second kappa shape index (κ2) is 7.17. The standard InChI is InChI=1S/C16H18N2O3S/c1-10-7-12(11(2)21-10)9-17-15(19)16(20)18-13-5-4-6-14(8-13)22-3/h4-8H,9H2,1-3H3,(H,17,19)(H,18,20). The van der Waals surface area contributed by atoms with Gasteiger partial charge >= 0.3 is 11.8 Å². The zero-order chi connectivity index (χ0) is 16.1. The molecule has 0 radical (unpaired) electrons. The van der Waals surface area contributed by atoms with Gasteiger partial charge in [-0.1, -0.05) is 6.07 Å². The van der Waals surface area contributed by atoms with Gasteiger partial charge in [-0.2, -0.15) is 0 Å². The van der Waals surface area contributed by atoms with E-state index in [0.717, 1.165) is 22.0 Å². The third kappa shape index (κ3) is 4.14. The summed E-state index contributed by atoms with van der Waals surface area (Å²) in [6.07, 6.45) is 1.95. The quantitative estimate of drug-likeness (QED) is 0.672. The third-order valence-corrected chi connectivity index (χ3v) is 3.84. The minimum atomic E-state index is -0.684. The highest BCUT2D eigenvalue weighted by atomic mass is 32.2. The van der Waals surface area contributed by atoms with Gasteiger partial charge in [0.25, 0.3) is 0 Å². The van der Waals surface area contributed by atoms with Crippen LogP contribution in [0.25, 0.3) is 0 Å². The molecule has 0 aliphatic carbocycles. The van der Waals surface area contributed by atoms with Crippen LogP contribution in [0, 0.1) is 13.8 Å². The lowest BCUT2D eigenvalue weighted by Crippen LogP contribution is -2.35. The van der Waals surface area contributed by atoms with Crippen LogP contribution in [0.4, 0.5) is 5.69 Å². The molecule has 0 aliphatic rings. The molecule has 0 bridgehead atoms. The van der Waals surface area contributed by atoms with Crippen LogP contribution in [0.2, 0.25) is 0 Å². The van der Waals surface area contributed by atoms with Crippen LogP contribution >= 0.6 is 11.8 Å². The Bertz CT molecular complexity index is 694. The highest BCUT2D eigenvalue weighted by molar-refractivity contribution is 7.98. The molecule has 2 aromatic rings. The summed E-state index contributed by atoms with van der Waals surface area (Å²) < 4.78 is 5.37. The second-order valence-corrected chi connectivity index (χ2v) is 5.69. The summed E-state index contributed by atoms with van der Waals surface area (Å²) in [4.78, 5) is 24.7. The van der Waals surface area contributed by atoms with Crippen LogP contribution in [-0.4, -0.2) is 18.1 Å². The molecule has 2 rings (SSSR count). The third-order valence-electron chi connectivity index (χ3n) is 3.12. The van der Waals surface area contributed by atoms with Crippen LogP contribution in [0.1, 0.15) is 17.1 Å². The molecular formula is C16H18N2O3S. The molecule has 0 aliphatic heterocycles. The summed E-state index contributed by atoms with van der Waals surface area (Å²) in [6.45, 7) is 3.92. The highest BCUT2D eigenvalue weighted by Crippen LogP contribution is 2.18. The maximum absolute atomic E-state index is 11.9. The van der Waals surface area contributed by atoms with Crippen molar-refractivity contribution in [2.24, 2.45) is 0 Å². The van der Waals surface area contributed by atoms with Crippen molar-refractivity contribution in [3.63, 3.8) is 0 Å². The number of anilines is 1. The molecule has 6 heteroatoms. The monoisotopic (exact) mass is 318 g/mol. The number of furan rings is 1. The van der Waals surface area contributed by atoms with E-state index in [1.807, 2.05) is 44.4 Å². The van der Waals surface area contributed by atoms with E-state index in [2.05, 4.69) is 10.6 Å². The van der Waals surface area contributed by atoms with E-state index in [-0.39, 0.29) is 6.54 Å². The number of carbonyl (C=O) groups is 2. The average Bonchev–Trinajstić information content (AvgIpc) is 2.82. The van der Waals surface area contributed by atoms with Gasteiger partial charge in [0.05, 0.1) is 0 Å². The minimum absolute atomic E-state index is 0.264. The van der Waals surface area contributed by atoms with Crippen molar-refractivity contribution < 1.29 is 14.0 Å². The van der Waals surface area contributed by atoms with Crippen LogP contribution in [0.5, 0.6) is 0 Å². The fraction of sp³-hybridized carbons (Fsp3) is 0.250.